The van der Waals surface area contributed by atoms with Gasteiger partial charge in [-0.05, 0) is 12.5 Å². The van der Waals surface area contributed by atoms with Gasteiger partial charge in [0, 0.05) is 24.2 Å². The molecule has 3 heterocycles. The van der Waals surface area contributed by atoms with Crippen molar-refractivity contribution < 1.29 is 9.15 Å². The summed E-state index contributed by atoms with van der Waals surface area (Å²) in [5.74, 6) is 1.45. The van der Waals surface area contributed by atoms with Crippen molar-refractivity contribution in [3.05, 3.63) is 35.1 Å². The van der Waals surface area contributed by atoms with Crippen molar-refractivity contribution in [3.8, 4) is 11.3 Å². The van der Waals surface area contributed by atoms with Crippen LogP contribution in [0.2, 0.25) is 0 Å². The lowest BCUT2D eigenvalue weighted by Crippen LogP contribution is -1.94. The Balaban J connectivity index is 2.15. The number of hydrogen-bond acceptors (Lipinski definition) is 4. The number of rotatable bonds is 1. The normalized spacial score (nSPS) is 14.1. The van der Waals surface area contributed by atoms with Crippen LogP contribution in [-0.2, 0) is 18.0 Å². The fourth-order valence-electron chi connectivity index (χ4n) is 2.00. The van der Waals surface area contributed by atoms with E-state index in [1.54, 1.807) is 6.20 Å². The third kappa shape index (κ3) is 1.34. The van der Waals surface area contributed by atoms with Gasteiger partial charge in [-0.3, -0.25) is 4.98 Å². The first-order valence-corrected chi connectivity index (χ1v) is 5.23. The van der Waals surface area contributed by atoms with E-state index in [-0.39, 0.29) is 0 Å². The third-order valence-corrected chi connectivity index (χ3v) is 2.93. The number of nitrogens with zero attached hydrogens (tertiary/aromatic N) is 2. The van der Waals surface area contributed by atoms with Gasteiger partial charge in [-0.25, -0.2) is 4.98 Å². The van der Waals surface area contributed by atoms with Crippen molar-refractivity contribution in [2.24, 2.45) is 0 Å². The van der Waals surface area contributed by atoms with E-state index < -0.39 is 0 Å². The summed E-state index contributed by atoms with van der Waals surface area (Å²) in [6, 6.07) is 0. The van der Waals surface area contributed by atoms with Crippen LogP contribution in [0.4, 0.5) is 0 Å². The van der Waals surface area contributed by atoms with E-state index in [0.29, 0.717) is 19.1 Å². The topological polar surface area (TPSA) is 48.2 Å². The number of aryl methyl sites for hydroxylation is 1. The lowest BCUT2D eigenvalue weighted by molar-refractivity contribution is 0.133. The van der Waals surface area contributed by atoms with Crippen LogP contribution in [0, 0.1) is 13.8 Å². The van der Waals surface area contributed by atoms with Crippen molar-refractivity contribution in [3.63, 3.8) is 0 Å². The molecule has 3 rings (SSSR count). The third-order valence-electron chi connectivity index (χ3n) is 2.93. The smallest absolute Gasteiger partial charge is 0.191 e. The Morgan fingerprint density at radius 1 is 1.12 bits per heavy atom. The van der Waals surface area contributed by atoms with E-state index in [9.17, 15) is 0 Å². The summed E-state index contributed by atoms with van der Waals surface area (Å²) in [4.78, 5) is 8.49. The Morgan fingerprint density at radius 3 is 2.75 bits per heavy atom. The molecular weight excluding hydrogens is 204 g/mol. The highest BCUT2D eigenvalue weighted by molar-refractivity contribution is 5.62. The van der Waals surface area contributed by atoms with Gasteiger partial charge in [-0.15, -0.1) is 0 Å². The molecule has 0 saturated carbocycles. The van der Waals surface area contributed by atoms with Gasteiger partial charge in [-0.1, -0.05) is 0 Å². The van der Waals surface area contributed by atoms with Crippen LogP contribution in [-0.4, -0.2) is 9.97 Å². The fraction of sp³-hybridized carbons (Fsp3) is 0.333. The summed E-state index contributed by atoms with van der Waals surface area (Å²) in [6.07, 6.45) is 3.57. The standard InChI is InChI=1S/C12H12N2O2/c1-7-9(12-4-13-8(2)16-12)3-14-11-6-15-5-10(7)11/h3-4H,5-6H2,1-2H3. The van der Waals surface area contributed by atoms with E-state index in [4.69, 9.17) is 9.15 Å². The minimum atomic E-state index is 0.617. The second kappa shape index (κ2) is 3.42. The second-order valence-corrected chi connectivity index (χ2v) is 3.96. The predicted molar refractivity (Wildman–Crippen MR) is 57.7 cm³/mol. The summed E-state index contributed by atoms with van der Waals surface area (Å²) < 4.78 is 10.9. The molecule has 0 unspecified atom stereocenters. The Labute approximate surface area is 93.3 Å². The molecule has 2 aromatic rings. The van der Waals surface area contributed by atoms with Gasteiger partial charge >= 0.3 is 0 Å². The fourth-order valence-corrected chi connectivity index (χ4v) is 2.00. The Bertz CT molecular complexity index is 546. The molecule has 0 N–H and O–H groups in total. The summed E-state index contributed by atoms with van der Waals surface area (Å²) in [5.41, 5.74) is 4.41. The van der Waals surface area contributed by atoms with Crippen molar-refractivity contribution in [2.75, 3.05) is 0 Å². The molecule has 0 spiro atoms. The molecule has 0 amide bonds. The molecule has 4 nitrogen and oxygen atoms in total. The maximum atomic E-state index is 5.52. The van der Waals surface area contributed by atoms with Gasteiger partial charge < -0.3 is 9.15 Å². The summed E-state index contributed by atoms with van der Waals surface area (Å²) >= 11 is 0. The Hall–Kier alpha value is -1.68. The molecule has 2 aromatic heterocycles. The highest BCUT2D eigenvalue weighted by Crippen LogP contribution is 2.30. The van der Waals surface area contributed by atoms with E-state index in [0.717, 1.165) is 17.0 Å². The molecule has 0 atom stereocenters. The SMILES string of the molecule is Cc1ncc(-c2cnc3c(c2C)COC3)o1. The zero-order valence-electron chi connectivity index (χ0n) is 9.28. The zero-order valence-corrected chi connectivity index (χ0v) is 9.28. The number of hydrogen-bond donors (Lipinski definition) is 0. The molecule has 1 aliphatic rings. The first-order chi connectivity index (χ1) is 7.75. The molecule has 0 saturated heterocycles. The quantitative estimate of drug-likeness (QED) is 0.734. The Kier molecular flexibility index (Phi) is 2.04. The average Bonchev–Trinajstić information content (AvgIpc) is 2.87. The first-order valence-electron chi connectivity index (χ1n) is 5.23. The average molecular weight is 216 g/mol. The van der Waals surface area contributed by atoms with Gasteiger partial charge in [0.25, 0.3) is 0 Å². The Morgan fingerprint density at radius 2 is 2.00 bits per heavy atom. The van der Waals surface area contributed by atoms with Crippen LogP contribution in [0.5, 0.6) is 0 Å². The minimum Gasteiger partial charge on any atom is -0.441 e. The number of aromatic nitrogens is 2. The van der Waals surface area contributed by atoms with E-state index in [1.807, 2.05) is 13.1 Å². The second-order valence-electron chi connectivity index (χ2n) is 3.96. The van der Waals surface area contributed by atoms with Crippen molar-refractivity contribution >= 4 is 0 Å². The molecule has 82 valence electrons. The maximum absolute atomic E-state index is 5.52. The molecule has 0 aliphatic carbocycles. The first kappa shape index (κ1) is 9.54. The van der Waals surface area contributed by atoms with Crippen LogP contribution in [0.15, 0.2) is 16.8 Å². The summed E-state index contributed by atoms with van der Waals surface area (Å²) in [6.45, 7) is 5.17. The highest BCUT2D eigenvalue weighted by Gasteiger charge is 2.19. The number of fused-ring (bicyclic) bond motifs is 1. The number of ether oxygens (including phenoxy) is 1. The van der Waals surface area contributed by atoms with Crippen LogP contribution in [0.3, 0.4) is 0 Å². The van der Waals surface area contributed by atoms with E-state index in [2.05, 4.69) is 16.9 Å². The minimum absolute atomic E-state index is 0.617. The van der Waals surface area contributed by atoms with Gasteiger partial charge in [0.05, 0.1) is 25.1 Å². The molecule has 0 fully saturated rings. The molecule has 1 aliphatic heterocycles. The van der Waals surface area contributed by atoms with Gasteiger partial charge in [0.1, 0.15) is 0 Å². The maximum Gasteiger partial charge on any atom is 0.191 e. The molecule has 0 aromatic carbocycles. The highest BCUT2D eigenvalue weighted by atomic mass is 16.5. The largest absolute Gasteiger partial charge is 0.441 e. The van der Waals surface area contributed by atoms with Crippen molar-refractivity contribution in [2.45, 2.75) is 27.1 Å². The number of pyridine rings is 1. The zero-order chi connectivity index (χ0) is 11.1. The summed E-state index contributed by atoms with van der Waals surface area (Å²) in [7, 11) is 0. The van der Waals surface area contributed by atoms with Gasteiger partial charge in [0.15, 0.2) is 11.7 Å². The van der Waals surface area contributed by atoms with Crippen LogP contribution in [0.25, 0.3) is 11.3 Å². The van der Waals surface area contributed by atoms with Gasteiger partial charge in [-0.2, -0.15) is 0 Å². The van der Waals surface area contributed by atoms with E-state index in [1.165, 1.54) is 11.1 Å². The van der Waals surface area contributed by atoms with Crippen LogP contribution >= 0.6 is 0 Å². The monoisotopic (exact) mass is 216 g/mol. The molecular formula is C12H12N2O2. The molecule has 16 heavy (non-hydrogen) atoms. The van der Waals surface area contributed by atoms with Crippen LogP contribution < -0.4 is 0 Å². The van der Waals surface area contributed by atoms with Crippen molar-refractivity contribution in [1.29, 1.82) is 0 Å². The molecule has 0 bridgehead atoms. The van der Waals surface area contributed by atoms with Crippen molar-refractivity contribution in [1.82, 2.24) is 9.97 Å². The molecule has 0 radical (unpaired) electrons. The molecule has 4 heteroatoms. The van der Waals surface area contributed by atoms with E-state index >= 15 is 0 Å². The predicted octanol–water partition coefficient (Wildman–Crippen LogP) is 2.38. The van der Waals surface area contributed by atoms with Crippen LogP contribution in [0.1, 0.15) is 22.7 Å². The lowest BCUT2D eigenvalue weighted by atomic mass is 10.0. The summed E-state index contributed by atoms with van der Waals surface area (Å²) in [5, 5.41) is 0. The van der Waals surface area contributed by atoms with Gasteiger partial charge in [0.2, 0.25) is 0 Å². The lowest BCUT2D eigenvalue weighted by Gasteiger charge is -2.06. The number of oxazole rings is 1.